The molecule has 0 unspecified atom stereocenters. The van der Waals surface area contributed by atoms with Gasteiger partial charge in [-0.3, -0.25) is 4.79 Å². The van der Waals surface area contributed by atoms with Gasteiger partial charge in [-0.25, -0.2) is 0 Å². The lowest BCUT2D eigenvalue weighted by Gasteiger charge is -2.56. The average Bonchev–Trinajstić information content (AvgIpc) is 2.36. The molecule has 20 heavy (non-hydrogen) atoms. The standard InChI is InChI=1S/C18H26O2/c1-10-4-6-15-12(3)8-13(9-16(19)20)17-11(2)5-7-14(10)18(15)17/h12-15,17-18H,1-2,4-9H2,3H3,(H,19,20)/t12-,13-,14+,15+,17-,18-/m0/s1. The summed E-state index contributed by atoms with van der Waals surface area (Å²) < 4.78 is 0. The van der Waals surface area contributed by atoms with E-state index in [0.29, 0.717) is 36.0 Å². The number of allylic oxidation sites excluding steroid dienone is 2. The Morgan fingerprint density at radius 2 is 1.95 bits per heavy atom. The zero-order chi connectivity index (χ0) is 14.4. The highest BCUT2D eigenvalue weighted by Gasteiger charge is 2.51. The number of aliphatic carboxylic acids is 1. The summed E-state index contributed by atoms with van der Waals surface area (Å²) in [5.41, 5.74) is 2.75. The number of carbonyl (C=O) groups is 1. The quantitative estimate of drug-likeness (QED) is 0.763. The van der Waals surface area contributed by atoms with E-state index in [1.807, 2.05) is 0 Å². The SMILES string of the molecule is C=C1CC[C@@H]2C(=C)CC[C@H]3[C@H]2[C@@H]1[C@H](CC(=O)O)C[C@@H]3C. The molecule has 0 bridgehead atoms. The molecule has 3 saturated carbocycles. The smallest absolute Gasteiger partial charge is 0.303 e. The van der Waals surface area contributed by atoms with Crippen molar-refractivity contribution in [2.24, 2.45) is 35.5 Å². The van der Waals surface area contributed by atoms with Gasteiger partial charge in [-0.15, -0.1) is 0 Å². The van der Waals surface area contributed by atoms with Gasteiger partial charge in [0.25, 0.3) is 0 Å². The van der Waals surface area contributed by atoms with Crippen LogP contribution in [0.1, 0.15) is 45.4 Å². The molecule has 0 amide bonds. The van der Waals surface area contributed by atoms with Crippen LogP contribution >= 0.6 is 0 Å². The van der Waals surface area contributed by atoms with Gasteiger partial charge >= 0.3 is 5.97 Å². The van der Waals surface area contributed by atoms with Crippen molar-refractivity contribution in [3.05, 3.63) is 24.3 Å². The predicted octanol–water partition coefficient (Wildman–Crippen LogP) is 4.28. The first-order valence-corrected chi connectivity index (χ1v) is 8.06. The van der Waals surface area contributed by atoms with Crippen LogP contribution in [0, 0.1) is 35.5 Å². The van der Waals surface area contributed by atoms with E-state index >= 15 is 0 Å². The summed E-state index contributed by atoms with van der Waals surface area (Å²) in [5, 5.41) is 9.24. The normalized spacial score (nSPS) is 44.0. The molecule has 0 aromatic heterocycles. The third-order valence-corrected chi connectivity index (χ3v) is 6.29. The minimum Gasteiger partial charge on any atom is -0.481 e. The van der Waals surface area contributed by atoms with Crippen molar-refractivity contribution in [3.63, 3.8) is 0 Å². The molecule has 0 aliphatic heterocycles. The van der Waals surface area contributed by atoms with Gasteiger partial charge in [0.05, 0.1) is 0 Å². The van der Waals surface area contributed by atoms with E-state index in [2.05, 4.69) is 20.1 Å². The van der Waals surface area contributed by atoms with E-state index in [-0.39, 0.29) is 0 Å². The van der Waals surface area contributed by atoms with Crippen molar-refractivity contribution >= 4 is 5.97 Å². The molecule has 3 rings (SSSR count). The Bertz CT molecular complexity index is 450. The number of carboxylic acids is 1. The maximum atomic E-state index is 11.2. The molecular weight excluding hydrogens is 248 g/mol. The van der Waals surface area contributed by atoms with Crippen LogP contribution in [0.3, 0.4) is 0 Å². The number of rotatable bonds is 2. The molecule has 110 valence electrons. The van der Waals surface area contributed by atoms with Crippen LogP contribution in [-0.2, 0) is 4.79 Å². The first kappa shape index (κ1) is 13.9. The predicted molar refractivity (Wildman–Crippen MR) is 80.2 cm³/mol. The van der Waals surface area contributed by atoms with Crippen molar-refractivity contribution in [1.82, 2.24) is 0 Å². The summed E-state index contributed by atoms with van der Waals surface area (Å²) in [5.74, 6) is 2.76. The van der Waals surface area contributed by atoms with Gasteiger partial charge in [-0.1, -0.05) is 31.2 Å². The van der Waals surface area contributed by atoms with Crippen molar-refractivity contribution < 1.29 is 9.90 Å². The summed E-state index contributed by atoms with van der Waals surface area (Å²) in [6.45, 7) is 11.0. The number of carboxylic acid groups (broad SMARTS) is 1. The highest BCUT2D eigenvalue weighted by molar-refractivity contribution is 5.67. The molecule has 3 aliphatic rings. The zero-order valence-electron chi connectivity index (χ0n) is 12.5. The molecule has 2 nitrogen and oxygen atoms in total. The summed E-state index contributed by atoms with van der Waals surface area (Å²) in [4.78, 5) is 11.2. The minimum absolute atomic E-state index is 0.296. The molecule has 2 heteroatoms. The van der Waals surface area contributed by atoms with Crippen molar-refractivity contribution in [3.8, 4) is 0 Å². The van der Waals surface area contributed by atoms with Gasteiger partial charge in [-0.2, -0.15) is 0 Å². The molecule has 0 saturated heterocycles. The second-order valence-electron chi connectivity index (χ2n) is 7.34. The third-order valence-electron chi connectivity index (χ3n) is 6.29. The van der Waals surface area contributed by atoms with E-state index in [9.17, 15) is 9.90 Å². The fraction of sp³-hybridized carbons (Fsp3) is 0.722. The number of hydrogen-bond acceptors (Lipinski definition) is 1. The van der Waals surface area contributed by atoms with Gasteiger partial charge in [0.2, 0.25) is 0 Å². The van der Waals surface area contributed by atoms with E-state index in [4.69, 9.17) is 0 Å². The molecular formula is C18H26O2. The summed E-state index contributed by atoms with van der Waals surface area (Å²) in [6, 6.07) is 0. The van der Waals surface area contributed by atoms with Crippen LogP contribution in [-0.4, -0.2) is 11.1 Å². The molecule has 0 aromatic carbocycles. The van der Waals surface area contributed by atoms with Gasteiger partial charge in [0.1, 0.15) is 0 Å². The molecule has 0 aromatic rings. The van der Waals surface area contributed by atoms with Gasteiger partial charge in [-0.05, 0) is 67.6 Å². The van der Waals surface area contributed by atoms with E-state index < -0.39 is 5.97 Å². The fourth-order valence-electron chi connectivity index (χ4n) is 5.54. The van der Waals surface area contributed by atoms with E-state index in [1.165, 1.54) is 30.4 Å². The maximum absolute atomic E-state index is 11.2. The van der Waals surface area contributed by atoms with E-state index in [1.54, 1.807) is 0 Å². The Labute approximate surface area is 122 Å². The molecule has 0 spiro atoms. The second-order valence-corrected chi connectivity index (χ2v) is 7.34. The van der Waals surface area contributed by atoms with Gasteiger partial charge in [0, 0.05) is 6.42 Å². The summed E-state index contributed by atoms with van der Waals surface area (Å²) in [7, 11) is 0. The van der Waals surface area contributed by atoms with Gasteiger partial charge < -0.3 is 5.11 Å². The molecule has 1 N–H and O–H groups in total. The molecule has 3 aliphatic carbocycles. The monoisotopic (exact) mass is 274 g/mol. The first-order valence-electron chi connectivity index (χ1n) is 8.06. The Balaban J connectivity index is 1.94. The van der Waals surface area contributed by atoms with Crippen molar-refractivity contribution in [2.45, 2.75) is 45.4 Å². The van der Waals surface area contributed by atoms with Gasteiger partial charge in [0.15, 0.2) is 0 Å². The lowest BCUT2D eigenvalue weighted by molar-refractivity contribution is -0.140. The van der Waals surface area contributed by atoms with Crippen molar-refractivity contribution in [2.75, 3.05) is 0 Å². The summed E-state index contributed by atoms with van der Waals surface area (Å²) >= 11 is 0. The van der Waals surface area contributed by atoms with E-state index in [0.717, 1.165) is 18.8 Å². The van der Waals surface area contributed by atoms with Crippen LogP contribution in [0.25, 0.3) is 0 Å². The lowest BCUT2D eigenvalue weighted by atomic mass is 9.49. The van der Waals surface area contributed by atoms with Crippen LogP contribution in [0.4, 0.5) is 0 Å². The van der Waals surface area contributed by atoms with Crippen LogP contribution in [0.2, 0.25) is 0 Å². The topological polar surface area (TPSA) is 37.3 Å². The van der Waals surface area contributed by atoms with Crippen molar-refractivity contribution in [1.29, 1.82) is 0 Å². The summed E-state index contributed by atoms with van der Waals surface area (Å²) in [6.07, 6.45) is 6.08. The van der Waals surface area contributed by atoms with Crippen LogP contribution < -0.4 is 0 Å². The minimum atomic E-state index is -0.648. The fourth-order valence-corrected chi connectivity index (χ4v) is 5.54. The second kappa shape index (κ2) is 5.05. The third kappa shape index (κ3) is 2.13. The molecule has 6 atom stereocenters. The average molecular weight is 274 g/mol. The van der Waals surface area contributed by atoms with Crippen LogP contribution in [0.15, 0.2) is 24.3 Å². The Morgan fingerprint density at radius 3 is 2.65 bits per heavy atom. The largest absolute Gasteiger partial charge is 0.481 e. The molecule has 0 heterocycles. The Hall–Kier alpha value is -1.05. The first-order chi connectivity index (χ1) is 9.49. The highest BCUT2D eigenvalue weighted by atomic mass is 16.4. The lowest BCUT2D eigenvalue weighted by Crippen LogP contribution is -2.48. The maximum Gasteiger partial charge on any atom is 0.303 e. The molecule has 3 fully saturated rings. The Kier molecular flexibility index (Phi) is 3.51. The zero-order valence-corrected chi connectivity index (χ0v) is 12.5. The van der Waals surface area contributed by atoms with Crippen LogP contribution in [0.5, 0.6) is 0 Å². The Morgan fingerprint density at radius 1 is 1.25 bits per heavy atom. The highest BCUT2D eigenvalue weighted by Crippen LogP contribution is 2.59. The molecule has 0 radical (unpaired) electrons. The number of hydrogen-bond donors (Lipinski definition) is 1.